The number of aromatic nitrogens is 4. The van der Waals surface area contributed by atoms with E-state index in [1.54, 1.807) is 24.0 Å². The van der Waals surface area contributed by atoms with E-state index in [0.29, 0.717) is 11.5 Å². The van der Waals surface area contributed by atoms with Crippen LogP contribution < -0.4 is 0 Å². The van der Waals surface area contributed by atoms with Crippen molar-refractivity contribution in [3.05, 3.63) is 35.8 Å². The van der Waals surface area contributed by atoms with Crippen LogP contribution in [0.25, 0.3) is 5.82 Å². The van der Waals surface area contributed by atoms with E-state index in [-0.39, 0.29) is 0 Å². The minimum absolute atomic E-state index is 0.539. The Kier molecular flexibility index (Phi) is 2.47. The molecule has 0 saturated carbocycles. The van der Waals surface area contributed by atoms with Gasteiger partial charge in [0, 0.05) is 6.20 Å². The summed E-state index contributed by atoms with van der Waals surface area (Å²) >= 11 is 0. The zero-order valence-electron chi connectivity index (χ0n) is 8.62. The van der Waals surface area contributed by atoms with Crippen molar-refractivity contribution in [3.63, 3.8) is 0 Å². The molecule has 1 N–H and O–H groups in total. The second-order valence-electron chi connectivity index (χ2n) is 3.46. The summed E-state index contributed by atoms with van der Waals surface area (Å²) in [6, 6.07) is 3.81. The van der Waals surface area contributed by atoms with Crippen molar-refractivity contribution in [3.8, 4) is 5.82 Å². The fourth-order valence-corrected chi connectivity index (χ4v) is 1.18. The molecule has 0 aliphatic heterocycles. The van der Waals surface area contributed by atoms with Crippen LogP contribution in [0, 0.1) is 6.92 Å². The van der Waals surface area contributed by atoms with Crippen LogP contribution in [0.3, 0.4) is 0 Å². The quantitative estimate of drug-likeness (QED) is 0.793. The second-order valence-corrected chi connectivity index (χ2v) is 3.46. The van der Waals surface area contributed by atoms with Crippen LogP contribution in [0.15, 0.2) is 24.5 Å². The minimum atomic E-state index is -0.607. The lowest BCUT2D eigenvalue weighted by Gasteiger charge is -1.98. The third-order valence-corrected chi connectivity index (χ3v) is 2.07. The molecule has 2 aromatic rings. The van der Waals surface area contributed by atoms with Crippen molar-refractivity contribution in [2.24, 2.45) is 0 Å². The molecule has 0 aromatic carbocycles. The molecule has 0 unspecified atom stereocenters. The molecule has 2 rings (SSSR count). The van der Waals surface area contributed by atoms with Crippen LogP contribution in [0.5, 0.6) is 0 Å². The first kappa shape index (κ1) is 9.79. The van der Waals surface area contributed by atoms with Gasteiger partial charge in [0.25, 0.3) is 0 Å². The first-order valence-electron chi connectivity index (χ1n) is 4.70. The van der Waals surface area contributed by atoms with Crippen molar-refractivity contribution < 1.29 is 5.11 Å². The maximum Gasteiger partial charge on any atom is 0.155 e. The number of nitrogens with zero attached hydrogens (tertiary/aromatic N) is 4. The first-order valence-corrected chi connectivity index (χ1v) is 4.70. The number of aliphatic hydroxyl groups is 1. The summed E-state index contributed by atoms with van der Waals surface area (Å²) in [6.45, 7) is 3.62. The van der Waals surface area contributed by atoms with Crippen LogP contribution in [-0.4, -0.2) is 25.1 Å². The van der Waals surface area contributed by atoms with E-state index in [2.05, 4.69) is 15.3 Å². The van der Waals surface area contributed by atoms with Gasteiger partial charge in [0.2, 0.25) is 0 Å². The highest BCUT2D eigenvalue weighted by atomic mass is 16.3. The molecule has 78 valence electrons. The summed E-state index contributed by atoms with van der Waals surface area (Å²) in [6.07, 6.45) is 2.82. The Hall–Kier alpha value is -1.75. The summed E-state index contributed by atoms with van der Waals surface area (Å²) in [4.78, 5) is 4.20. The lowest BCUT2D eigenvalue weighted by Crippen LogP contribution is -1.97. The molecular weight excluding hydrogens is 192 g/mol. The summed E-state index contributed by atoms with van der Waals surface area (Å²) in [7, 11) is 0. The monoisotopic (exact) mass is 204 g/mol. The highest BCUT2D eigenvalue weighted by molar-refractivity contribution is 5.23. The summed E-state index contributed by atoms with van der Waals surface area (Å²) in [5, 5.41) is 17.0. The lowest BCUT2D eigenvalue weighted by atomic mass is 10.3. The lowest BCUT2D eigenvalue weighted by molar-refractivity contribution is 0.194. The Morgan fingerprint density at radius 3 is 2.73 bits per heavy atom. The van der Waals surface area contributed by atoms with Crippen molar-refractivity contribution in [2.45, 2.75) is 20.0 Å². The molecule has 5 heteroatoms. The molecule has 1 atom stereocenters. The van der Waals surface area contributed by atoms with Crippen molar-refractivity contribution >= 4 is 0 Å². The van der Waals surface area contributed by atoms with Gasteiger partial charge in [-0.05, 0) is 25.5 Å². The SMILES string of the molecule is Cc1ccc(-n2cc([C@@H](C)O)nn2)nc1. The minimum Gasteiger partial charge on any atom is -0.387 e. The van der Waals surface area contributed by atoms with Crippen LogP contribution in [-0.2, 0) is 0 Å². The molecule has 0 fully saturated rings. The zero-order valence-corrected chi connectivity index (χ0v) is 8.62. The fraction of sp³-hybridized carbons (Fsp3) is 0.300. The summed E-state index contributed by atoms with van der Waals surface area (Å²) in [5.41, 5.74) is 1.63. The molecule has 0 saturated heterocycles. The van der Waals surface area contributed by atoms with Gasteiger partial charge in [-0.15, -0.1) is 5.10 Å². The van der Waals surface area contributed by atoms with Gasteiger partial charge in [-0.25, -0.2) is 9.67 Å². The Balaban J connectivity index is 2.33. The number of aliphatic hydroxyl groups excluding tert-OH is 1. The van der Waals surface area contributed by atoms with Crippen molar-refractivity contribution in [2.75, 3.05) is 0 Å². The molecule has 2 aromatic heterocycles. The molecule has 2 heterocycles. The van der Waals surface area contributed by atoms with Crippen LogP contribution in [0.1, 0.15) is 24.3 Å². The van der Waals surface area contributed by atoms with Crippen molar-refractivity contribution in [1.29, 1.82) is 0 Å². The molecule has 15 heavy (non-hydrogen) atoms. The molecule has 5 nitrogen and oxygen atoms in total. The van der Waals surface area contributed by atoms with Crippen LogP contribution in [0.2, 0.25) is 0 Å². The van der Waals surface area contributed by atoms with Gasteiger partial charge < -0.3 is 5.11 Å². The number of rotatable bonds is 2. The Morgan fingerprint density at radius 2 is 2.20 bits per heavy atom. The van der Waals surface area contributed by atoms with E-state index < -0.39 is 6.10 Å². The molecule has 0 aliphatic rings. The third kappa shape index (κ3) is 2.02. The van der Waals surface area contributed by atoms with Gasteiger partial charge in [0.1, 0.15) is 5.69 Å². The van der Waals surface area contributed by atoms with Crippen LogP contribution in [0.4, 0.5) is 0 Å². The Labute approximate surface area is 87.4 Å². The standard InChI is InChI=1S/C10H12N4O/c1-7-3-4-10(11-5-7)14-6-9(8(2)15)12-13-14/h3-6,8,15H,1-2H3/t8-/m1/s1. The first-order chi connectivity index (χ1) is 7.16. The van der Waals surface area contributed by atoms with E-state index >= 15 is 0 Å². The topological polar surface area (TPSA) is 63.8 Å². The molecule has 0 amide bonds. The van der Waals surface area contributed by atoms with Crippen LogP contribution >= 0.6 is 0 Å². The average molecular weight is 204 g/mol. The Morgan fingerprint density at radius 1 is 1.40 bits per heavy atom. The molecule has 0 spiro atoms. The second kappa shape index (κ2) is 3.78. The zero-order chi connectivity index (χ0) is 10.8. The summed E-state index contributed by atoms with van der Waals surface area (Å²) in [5.74, 6) is 0.694. The third-order valence-electron chi connectivity index (χ3n) is 2.07. The van der Waals surface area contributed by atoms with Gasteiger partial charge in [-0.2, -0.15) is 0 Å². The largest absolute Gasteiger partial charge is 0.387 e. The fourth-order valence-electron chi connectivity index (χ4n) is 1.18. The van der Waals surface area contributed by atoms with E-state index in [1.807, 2.05) is 19.1 Å². The number of hydrogen-bond donors (Lipinski definition) is 1. The molecule has 0 aliphatic carbocycles. The highest BCUT2D eigenvalue weighted by Crippen LogP contribution is 2.09. The number of aryl methyl sites for hydroxylation is 1. The predicted octanol–water partition coefficient (Wildman–Crippen LogP) is 1.02. The maximum atomic E-state index is 9.29. The molecule has 0 bridgehead atoms. The van der Waals surface area contributed by atoms with E-state index in [0.717, 1.165) is 5.56 Å². The smallest absolute Gasteiger partial charge is 0.155 e. The normalized spacial score (nSPS) is 12.7. The Bertz CT molecular complexity index is 447. The predicted molar refractivity (Wildman–Crippen MR) is 54.5 cm³/mol. The van der Waals surface area contributed by atoms with E-state index in [9.17, 15) is 5.11 Å². The summed E-state index contributed by atoms with van der Waals surface area (Å²) < 4.78 is 1.54. The van der Waals surface area contributed by atoms with Gasteiger partial charge in [-0.3, -0.25) is 0 Å². The van der Waals surface area contributed by atoms with Gasteiger partial charge in [0.05, 0.1) is 12.3 Å². The molecule has 0 radical (unpaired) electrons. The van der Waals surface area contributed by atoms with Crippen molar-refractivity contribution in [1.82, 2.24) is 20.0 Å². The number of hydrogen-bond acceptors (Lipinski definition) is 4. The van der Waals surface area contributed by atoms with Gasteiger partial charge in [-0.1, -0.05) is 11.3 Å². The van der Waals surface area contributed by atoms with E-state index in [1.165, 1.54) is 0 Å². The van der Waals surface area contributed by atoms with Gasteiger partial charge in [0.15, 0.2) is 5.82 Å². The average Bonchev–Trinajstić information content (AvgIpc) is 2.68. The molecular formula is C10H12N4O. The van der Waals surface area contributed by atoms with Gasteiger partial charge >= 0.3 is 0 Å². The highest BCUT2D eigenvalue weighted by Gasteiger charge is 2.07. The maximum absolute atomic E-state index is 9.29. The van der Waals surface area contributed by atoms with E-state index in [4.69, 9.17) is 0 Å². The number of pyridine rings is 1.